The van der Waals surface area contributed by atoms with Crippen molar-refractivity contribution >= 4 is 18.3 Å². The Bertz CT molecular complexity index is 610. The quantitative estimate of drug-likeness (QED) is 0.888. The van der Waals surface area contributed by atoms with Crippen LogP contribution in [0.15, 0.2) is 30.3 Å². The van der Waals surface area contributed by atoms with Crippen molar-refractivity contribution in [2.75, 3.05) is 6.54 Å². The van der Waals surface area contributed by atoms with Gasteiger partial charge in [-0.3, -0.25) is 14.5 Å². The van der Waals surface area contributed by atoms with Crippen molar-refractivity contribution in [2.24, 2.45) is 0 Å². The molecule has 1 heterocycles. The Labute approximate surface area is 148 Å². The Morgan fingerprint density at radius 1 is 1.32 bits per heavy atom. The zero-order valence-corrected chi connectivity index (χ0v) is 15.0. The summed E-state index contributed by atoms with van der Waals surface area (Å²) in [6.07, 6.45) is 3.03. The largest absolute Gasteiger partial charge is 0.444 e. The maximum Gasteiger partial charge on any atom is 0.410 e. The highest BCUT2D eigenvalue weighted by molar-refractivity contribution is 5.88. The molecule has 0 unspecified atom stereocenters. The molecular formula is C19H25N2O4. The van der Waals surface area contributed by atoms with E-state index >= 15 is 0 Å². The van der Waals surface area contributed by atoms with Crippen LogP contribution in [0.3, 0.4) is 0 Å². The van der Waals surface area contributed by atoms with Crippen molar-refractivity contribution in [1.82, 2.24) is 10.2 Å². The second-order valence-electron chi connectivity index (χ2n) is 7.20. The topological polar surface area (TPSA) is 75.7 Å². The molecule has 0 spiro atoms. The first-order valence-electron chi connectivity index (χ1n) is 8.52. The summed E-state index contributed by atoms with van der Waals surface area (Å²) >= 11 is 0. The SMILES string of the molecule is CC(C)(C)OC(=O)N1CCC[C@@H]1C(=O)N[C@H]([C]=O)Cc1ccccc1. The number of carbonyl (C=O) groups excluding carboxylic acids is 3. The van der Waals surface area contributed by atoms with Gasteiger partial charge in [-0.2, -0.15) is 0 Å². The summed E-state index contributed by atoms with van der Waals surface area (Å²) in [5.41, 5.74) is 0.319. The van der Waals surface area contributed by atoms with E-state index in [0.717, 1.165) is 12.0 Å². The highest BCUT2D eigenvalue weighted by Crippen LogP contribution is 2.21. The van der Waals surface area contributed by atoms with Crippen molar-refractivity contribution in [2.45, 2.75) is 57.7 Å². The first-order valence-corrected chi connectivity index (χ1v) is 8.52. The smallest absolute Gasteiger partial charge is 0.410 e. The second kappa shape index (κ2) is 8.14. The molecule has 1 aromatic carbocycles. The number of hydrogen-bond acceptors (Lipinski definition) is 4. The third-order valence-corrected chi connectivity index (χ3v) is 3.92. The van der Waals surface area contributed by atoms with Crippen molar-refractivity contribution in [1.29, 1.82) is 0 Å². The van der Waals surface area contributed by atoms with E-state index in [2.05, 4.69) is 5.32 Å². The molecule has 0 aliphatic carbocycles. The van der Waals surface area contributed by atoms with E-state index in [-0.39, 0.29) is 5.91 Å². The minimum Gasteiger partial charge on any atom is -0.444 e. The summed E-state index contributed by atoms with van der Waals surface area (Å²) in [6, 6.07) is 8.06. The van der Waals surface area contributed by atoms with Gasteiger partial charge in [0.15, 0.2) is 0 Å². The number of hydrogen-bond donors (Lipinski definition) is 1. The van der Waals surface area contributed by atoms with Gasteiger partial charge < -0.3 is 10.1 Å². The number of rotatable bonds is 5. The zero-order valence-electron chi connectivity index (χ0n) is 15.0. The molecule has 2 atom stereocenters. The number of likely N-dealkylation sites (tertiary alicyclic amines) is 1. The number of nitrogens with one attached hydrogen (secondary N) is 1. The molecule has 2 rings (SSSR count). The molecule has 1 N–H and O–H groups in total. The monoisotopic (exact) mass is 345 g/mol. The maximum atomic E-state index is 12.5. The molecule has 1 aliphatic heterocycles. The van der Waals surface area contributed by atoms with Gasteiger partial charge in [-0.05, 0) is 39.2 Å². The molecule has 1 aromatic rings. The van der Waals surface area contributed by atoms with E-state index in [9.17, 15) is 14.4 Å². The van der Waals surface area contributed by atoms with Gasteiger partial charge in [-0.1, -0.05) is 30.3 Å². The van der Waals surface area contributed by atoms with Crippen LogP contribution in [-0.4, -0.2) is 47.4 Å². The van der Waals surface area contributed by atoms with Gasteiger partial charge in [0.1, 0.15) is 11.6 Å². The predicted molar refractivity (Wildman–Crippen MR) is 93.7 cm³/mol. The molecule has 1 aliphatic rings. The molecule has 0 saturated carbocycles. The maximum absolute atomic E-state index is 12.5. The number of ether oxygens (including phenoxy) is 1. The van der Waals surface area contributed by atoms with Crippen molar-refractivity contribution in [3.63, 3.8) is 0 Å². The summed E-state index contributed by atoms with van der Waals surface area (Å²) < 4.78 is 5.36. The molecular weight excluding hydrogens is 320 g/mol. The number of amides is 2. The van der Waals surface area contributed by atoms with Gasteiger partial charge >= 0.3 is 6.09 Å². The summed E-state index contributed by atoms with van der Waals surface area (Å²) in [6.45, 7) is 5.83. The van der Waals surface area contributed by atoms with Crippen LogP contribution in [0, 0.1) is 0 Å². The number of benzene rings is 1. The van der Waals surface area contributed by atoms with Crippen LogP contribution in [0.2, 0.25) is 0 Å². The fourth-order valence-electron chi connectivity index (χ4n) is 2.82. The van der Waals surface area contributed by atoms with Gasteiger partial charge in [-0.25, -0.2) is 4.79 Å². The minimum absolute atomic E-state index is 0.340. The lowest BCUT2D eigenvalue weighted by atomic mass is 10.1. The molecule has 0 bridgehead atoms. The van der Waals surface area contributed by atoms with Crippen LogP contribution < -0.4 is 5.32 Å². The van der Waals surface area contributed by atoms with Crippen LogP contribution in [-0.2, 0) is 20.7 Å². The fourth-order valence-corrected chi connectivity index (χ4v) is 2.82. The van der Waals surface area contributed by atoms with Crippen molar-refractivity contribution in [3.05, 3.63) is 35.9 Å². The zero-order chi connectivity index (χ0) is 18.4. The Morgan fingerprint density at radius 3 is 2.60 bits per heavy atom. The lowest BCUT2D eigenvalue weighted by Gasteiger charge is -2.28. The van der Waals surface area contributed by atoms with Gasteiger partial charge in [0.2, 0.25) is 12.2 Å². The van der Waals surface area contributed by atoms with Crippen LogP contribution in [0.5, 0.6) is 0 Å². The normalized spacial score (nSPS) is 18.5. The van der Waals surface area contributed by atoms with E-state index in [1.807, 2.05) is 36.6 Å². The second-order valence-corrected chi connectivity index (χ2v) is 7.20. The van der Waals surface area contributed by atoms with Crippen molar-refractivity contribution < 1.29 is 19.1 Å². The lowest BCUT2D eigenvalue weighted by molar-refractivity contribution is -0.125. The minimum atomic E-state index is -0.740. The average Bonchev–Trinajstić information content (AvgIpc) is 3.03. The van der Waals surface area contributed by atoms with E-state index in [0.29, 0.717) is 19.4 Å². The predicted octanol–water partition coefficient (Wildman–Crippen LogP) is 2.22. The van der Waals surface area contributed by atoms with E-state index < -0.39 is 23.8 Å². The van der Waals surface area contributed by atoms with Crippen LogP contribution in [0.1, 0.15) is 39.2 Å². The van der Waals surface area contributed by atoms with Gasteiger partial charge in [-0.15, -0.1) is 0 Å². The Hall–Kier alpha value is -2.37. The fraction of sp³-hybridized carbons (Fsp3) is 0.526. The first-order chi connectivity index (χ1) is 11.8. The van der Waals surface area contributed by atoms with Crippen LogP contribution in [0.4, 0.5) is 4.79 Å². The molecule has 135 valence electrons. The van der Waals surface area contributed by atoms with Crippen LogP contribution >= 0.6 is 0 Å². The molecule has 6 nitrogen and oxygen atoms in total. The summed E-state index contributed by atoms with van der Waals surface area (Å²) in [5, 5.41) is 2.69. The molecule has 2 amide bonds. The number of carbonyl (C=O) groups is 2. The molecule has 6 heteroatoms. The Kier molecular flexibility index (Phi) is 6.17. The standard InChI is InChI=1S/C19H25N2O4/c1-19(2,3)25-18(24)21-11-7-10-16(21)17(23)20-15(13-22)12-14-8-5-4-6-9-14/h4-6,8-9,15-16H,7,10-12H2,1-3H3,(H,20,23)/t15-,16+/m0/s1. The summed E-state index contributed by atoms with van der Waals surface area (Å²) in [5.74, 6) is -0.340. The Balaban J connectivity index is 1.98. The van der Waals surface area contributed by atoms with E-state index in [4.69, 9.17) is 4.74 Å². The average molecular weight is 345 g/mol. The van der Waals surface area contributed by atoms with Gasteiger partial charge in [0.25, 0.3) is 0 Å². The van der Waals surface area contributed by atoms with Gasteiger partial charge in [0, 0.05) is 13.0 Å². The van der Waals surface area contributed by atoms with E-state index in [1.54, 1.807) is 20.8 Å². The van der Waals surface area contributed by atoms with E-state index in [1.165, 1.54) is 4.90 Å². The highest BCUT2D eigenvalue weighted by atomic mass is 16.6. The van der Waals surface area contributed by atoms with Crippen LogP contribution in [0.25, 0.3) is 0 Å². The highest BCUT2D eigenvalue weighted by Gasteiger charge is 2.37. The lowest BCUT2D eigenvalue weighted by Crippen LogP contribution is -2.50. The molecule has 0 aromatic heterocycles. The summed E-state index contributed by atoms with van der Waals surface area (Å²) in [4.78, 5) is 37.5. The van der Waals surface area contributed by atoms with Gasteiger partial charge in [0.05, 0.1) is 6.04 Å². The third kappa shape index (κ3) is 5.59. The first kappa shape index (κ1) is 19.0. The molecule has 1 fully saturated rings. The Morgan fingerprint density at radius 2 is 2.00 bits per heavy atom. The third-order valence-electron chi connectivity index (χ3n) is 3.92. The molecule has 1 saturated heterocycles. The molecule has 25 heavy (non-hydrogen) atoms. The number of nitrogens with zero attached hydrogens (tertiary/aromatic N) is 1. The molecule has 1 radical (unpaired) electrons. The van der Waals surface area contributed by atoms with Crippen molar-refractivity contribution in [3.8, 4) is 0 Å². The summed E-state index contributed by atoms with van der Waals surface area (Å²) in [7, 11) is 0.